The van der Waals surface area contributed by atoms with Crippen molar-refractivity contribution >= 4 is 46.4 Å². The molecule has 0 saturated heterocycles. The van der Waals surface area contributed by atoms with Crippen LogP contribution in [0, 0.1) is 13.8 Å². The average Bonchev–Trinajstić information content (AvgIpc) is 3.04. The highest BCUT2D eigenvalue weighted by atomic mass is 35.5. The fraction of sp³-hybridized carbons (Fsp3) is 0.115. The number of imide groups is 1. The van der Waals surface area contributed by atoms with E-state index in [-0.39, 0.29) is 16.6 Å². The van der Waals surface area contributed by atoms with Gasteiger partial charge in [0.15, 0.2) is 0 Å². The van der Waals surface area contributed by atoms with Gasteiger partial charge in [0.25, 0.3) is 17.7 Å². The second-order valence-corrected chi connectivity index (χ2v) is 8.19. The fourth-order valence-electron chi connectivity index (χ4n) is 3.58. The molecule has 0 radical (unpaired) electrons. The number of nitrogens with zero attached hydrogens (tertiary/aromatic N) is 1. The summed E-state index contributed by atoms with van der Waals surface area (Å²) in [4.78, 5) is 39.7. The largest absolute Gasteiger partial charge is 0.497 e. The van der Waals surface area contributed by atoms with E-state index in [9.17, 15) is 14.4 Å². The lowest BCUT2D eigenvalue weighted by molar-refractivity contribution is -0.120. The zero-order valence-electron chi connectivity index (χ0n) is 18.8. The third-order valence-electron chi connectivity index (χ3n) is 5.35. The summed E-state index contributed by atoms with van der Waals surface area (Å²) in [5.41, 5.74) is 3.49. The quantitative estimate of drug-likeness (QED) is 0.490. The van der Waals surface area contributed by atoms with Crippen molar-refractivity contribution in [2.75, 3.05) is 22.6 Å². The van der Waals surface area contributed by atoms with Crippen LogP contribution in [-0.4, -0.2) is 24.8 Å². The molecule has 3 aromatic carbocycles. The standard InChI is InChI=1S/C26H22ClN3O4/c1-15-10-11-16(2)21(12-15)30-25(32)22(27)23(26(30)33)28-18-7-4-6-17(13-18)24(31)29-19-8-5-9-20(14-19)34-3/h4-14,28H,1-3H3,(H,29,31). The molecule has 1 heterocycles. The van der Waals surface area contributed by atoms with Gasteiger partial charge in [-0.2, -0.15) is 0 Å². The molecule has 4 rings (SSSR count). The van der Waals surface area contributed by atoms with Crippen LogP contribution in [0.4, 0.5) is 17.1 Å². The summed E-state index contributed by atoms with van der Waals surface area (Å²) in [5.74, 6) is -0.889. The number of rotatable bonds is 6. The van der Waals surface area contributed by atoms with Gasteiger partial charge in [-0.1, -0.05) is 35.9 Å². The molecule has 8 heteroatoms. The third-order valence-corrected chi connectivity index (χ3v) is 5.71. The van der Waals surface area contributed by atoms with Crippen LogP contribution >= 0.6 is 11.6 Å². The summed E-state index contributed by atoms with van der Waals surface area (Å²) in [6.45, 7) is 3.70. The van der Waals surface area contributed by atoms with Crippen molar-refractivity contribution in [2.24, 2.45) is 0 Å². The van der Waals surface area contributed by atoms with Crippen molar-refractivity contribution in [1.82, 2.24) is 0 Å². The second-order valence-electron chi connectivity index (χ2n) is 7.82. The van der Waals surface area contributed by atoms with Gasteiger partial charge in [0.05, 0.1) is 12.8 Å². The number of ether oxygens (including phenoxy) is 1. The SMILES string of the molecule is COc1cccc(NC(=O)c2cccc(NC3=C(Cl)C(=O)N(c4cc(C)ccc4C)C3=O)c2)c1. The molecule has 0 bridgehead atoms. The minimum atomic E-state index is -0.602. The van der Waals surface area contributed by atoms with Gasteiger partial charge >= 0.3 is 0 Å². The Morgan fingerprint density at radius 3 is 2.41 bits per heavy atom. The molecule has 0 saturated carbocycles. The van der Waals surface area contributed by atoms with E-state index < -0.39 is 11.8 Å². The van der Waals surface area contributed by atoms with Gasteiger partial charge in [0.2, 0.25) is 0 Å². The van der Waals surface area contributed by atoms with Crippen molar-refractivity contribution in [3.05, 3.63) is 94.1 Å². The summed E-state index contributed by atoms with van der Waals surface area (Å²) in [5, 5.41) is 5.51. The van der Waals surface area contributed by atoms with Crippen molar-refractivity contribution < 1.29 is 19.1 Å². The van der Waals surface area contributed by atoms with E-state index in [1.54, 1.807) is 61.7 Å². The molecule has 172 valence electrons. The Morgan fingerprint density at radius 2 is 1.65 bits per heavy atom. The van der Waals surface area contributed by atoms with Gasteiger partial charge in [-0.15, -0.1) is 0 Å². The third kappa shape index (κ3) is 4.51. The van der Waals surface area contributed by atoms with Crippen molar-refractivity contribution in [3.63, 3.8) is 0 Å². The van der Waals surface area contributed by atoms with Crippen LogP contribution in [0.2, 0.25) is 0 Å². The van der Waals surface area contributed by atoms with Gasteiger partial charge < -0.3 is 15.4 Å². The second kappa shape index (κ2) is 9.41. The Morgan fingerprint density at radius 1 is 0.912 bits per heavy atom. The van der Waals surface area contributed by atoms with Crippen LogP contribution in [-0.2, 0) is 9.59 Å². The van der Waals surface area contributed by atoms with Gasteiger partial charge in [0.1, 0.15) is 16.5 Å². The number of carbonyl (C=O) groups is 3. The van der Waals surface area contributed by atoms with Gasteiger partial charge in [0, 0.05) is 23.0 Å². The maximum absolute atomic E-state index is 13.1. The highest BCUT2D eigenvalue weighted by molar-refractivity contribution is 6.53. The average molecular weight is 476 g/mol. The Kier molecular flexibility index (Phi) is 6.38. The van der Waals surface area contributed by atoms with Crippen LogP contribution in [0.25, 0.3) is 0 Å². The predicted molar refractivity (Wildman–Crippen MR) is 132 cm³/mol. The summed E-state index contributed by atoms with van der Waals surface area (Å²) in [6.07, 6.45) is 0. The molecule has 7 nitrogen and oxygen atoms in total. The summed E-state index contributed by atoms with van der Waals surface area (Å²) >= 11 is 6.26. The lowest BCUT2D eigenvalue weighted by Gasteiger charge is -2.18. The number of halogens is 1. The zero-order valence-corrected chi connectivity index (χ0v) is 19.6. The number of benzene rings is 3. The van der Waals surface area contributed by atoms with Crippen LogP contribution in [0.15, 0.2) is 77.5 Å². The zero-order chi connectivity index (χ0) is 24.4. The van der Waals surface area contributed by atoms with E-state index in [0.717, 1.165) is 16.0 Å². The topological polar surface area (TPSA) is 87.7 Å². The van der Waals surface area contributed by atoms with Gasteiger partial charge in [-0.05, 0) is 61.4 Å². The van der Waals surface area contributed by atoms with E-state index in [1.807, 2.05) is 26.0 Å². The van der Waals surface area contributed by atoms with E-state index >= 15 is 0 Å². The number of methoxy groups -OCH3 is 1. The Labute approximate surface area is 202 Å². The van der Waals surface area contributed by atoms with E-state index in [1.165, 1.54) is 0 Å². The van der Waals surface area contributed by atoms with E-state index in [4.69, 9.17) is 16.3 Å². The molecule has 3 aromatic rings. The number of hydrogen-bond donors (Lipinski definition) is 2. The maximum atomic E-state index is 13.1. The van der Waals surface area contributed by atoms with Crippen molar-refractivity contribution in [2.45, 2.75) is 13.8 Å². The number of carbonyl (C=O) groups excluding carboxylic acids is 3. The first-order chi connectivity index (χ1) is 16.3. The van der Waals surface area contributed by atoms with Crippen LogP contribution in [0.1, 0.15) is 21.5 Å². The summed E-state index contributed by atoms with van der Waals surface area (Å²) in [6, 6.07) is 19.1. The molecular formula is C26H22ClN3O4. The van der Waals surface area contributed by atoms with Gasteiger partial charge in [-0.25, -0.2) is 4.90 Å². The van der Waals surface area contributed by atoms with E-state index in [0.29, 0.717) is 28.4 Å². The molecule has 34 heavy (non-hydrogen) atoms. The molecule has 0 fully saturated rings. The molecule has 0 spiro atoms. The first-order valence-corrected chi connectivity index (χ1v) is 10.8. The number of hydrogen-bond acceptors (Lipinski definition) is 5. The predicted octanol–water partition coefficient (Wildman–Crippen LogP) is 5.00. The molecule has 0 aromatic heterocycles. The van der Waals surface area contributed by atoms with Gasteiger partial charge in [-0.3, -0.25) is 14.4 Å². The van der Waals surface area contributed by atoms with Crippen molar-refractivity contribution in [1.29, 1.82) is 0 Å². The first kappa shape index (κ1) is 23.1. The molecule has 3 amide bonds. The van der Waals surface area contributed by atoms with Crippen molar-refractivity contribution in [3.8, 4) is 5.75 Å². The Hall–Kier alpha value is -4.10. The number of aryl methyl sites for hydroxylation is 2. The molecule has 0 aliphatic carbocycles. The molecular weight excluding hydrogens is 454 g/mol. The molecule has 1 aliphatic rings. The fourth-order valence-corrected chi connectivity index (χ4v) is 3.79. The summed E-state index contributed by atoms with van der Waals surface area (Å²) < 4.78 is 5.18. The Bertz CT molecular complexity index is 1350. The lowest BCUT2D eigenvalue weighted by atomic mass is 10.1. The highest BCUT2D eigenvalue weighted by Gasteiger charge is 2.39. The smallest absolute Gasteiger partial charge is 0.283 e. The molecule has 0 atom stereocenters. The lowest BCUT2D eigenvalue weighted by Crippen LogP contribution is -2.33. The van der Waals surface area contributed by atoms with E-state index in [2.05, 4.69) is 10.6 Å². The minimum Gasteiger partial charge on any atom is -0.497 e. The monoisotopic (exact) mass is 475 g/mol. The minimum absolute atomic E-state index is 0.0436. The first-order valence-electron chi connectivity index (χ1n) is 10.5. The molecule has 2 N–H and O–H groups in total. The van der Waals surface area contributed by atoms with Crippen LogP contribution < -0.4 is 20.3 Å². The Balaban J connectivity index is 1.55. The molecule has 1 aliphatic heterocycles. The normalized spacial score (nSPS) is 13.4. The van der Waals surface area contributed by atoms with Crippen LogP contribution in [0.3, 0.4) is 0 Å². The highest BCUT2D eigenvalue weighted by Crippen LogP contribution is 2.32. The number of anilines is 3. The summed E-state index contributed by atoms with van der Waals surface area (Å²) in [7, 11) is 1.55. The molecule has 0 unspecified atom stereocenters. The maximum Gasteiger partial charge on any atom is 0.283 e. The number of nitrogens with one attached hydrogen (secondary N) is 2. The number of amides is 3. The van der Waals surface area contributed by atoms with Crippen LogP contribution in [0.5, 0.6) is 5.75 Å².